The number of hydrogen-bond donors (Lipinski definition) is 2. The van der Waals surface area contributed by atoms with Crippen molar-refractivity contribution in [3.8, 4) is 0 Å². The summed E-state index contributed by atoms with van der Waals surface area (Å²) in [6.07, 6.45) is 1.15. The Balaban J connectivity index is 3.74. The first-order chi connectivity index (χ1) is 6.60. The minimum absolute atomic E-state index is 0.00307. The van der Waals surface area contributed by atoms with Gasteiger partial charge in [-0.3, -0.25) is 4.79 Å². The van der Waals surface area contributed by atoms with Gasteiger partial charge in [-0.15, -0.1) is 0 Å². The number of rotatable bonds is 7. The predicted octanol–water partition coefficient (Wildman–Crippen LogP) is 0.546. The third-order valence-corrected chi connectivity index (χ3v) is 1.87. The third kappa shape index (κ3) is 6.86. The van der Waals surface area contributed by atoms with Crippen LogP contribution in [-0.2, 0) is 9.53 Å². The van der Waals surface area contributed by atoms with Crippen molar-refractivity contribution in [2.24, 2.45) is 5.92 Å². The number of nitrogens with one attached hydrogen (secondary N) is 1. The molecule has 0 rings (SSSR count). The highest BCUT2D eigenvalue weighted by molar-refractivity contribution is 5.76. The van der Waals surface area contributed by atoms with Gasteiger partial charge in [0.2, 0.25) is 5.91 Å². The minimum atomic E-state index is -0.126. The Kier molecular flexibility index (Phi) is 7.42. The largest absolute Gasteiger partial charge is 0.394 e. The molecule has 0 radical (unpaired) electrons. The van der Waals surface area contributed by atoms with Crippen molar-refractivity contribution in [1.29, 1.82) is 0 Å². The lowest BCUT2D eigenvalue weighted by Gasteiger charge is -2.18. The summed E-state index contributed by atoms with van der Waals surface area (Å²) in [5, 5.41) is 11.8. The van der Waals surface area contributed by atoms with Crippen LogP contribution in [0.3, 0.4) is 0 Å². The Labute approximate surface area is 85.6 Å². The number of aliphatic hydroxyl groups is 1. The minimum Gasteiger partial charge on any atom is -0.394 e. The molecule has 0 spiro atoms. The average Bonchev–Trinajstić information content (AvgIpc) is 2.12. The standard InChI is InChI=1S/C10H21NO3/c1-8(2)6-9(7-12)11-10(13)4-5-14-3/h8-9,12H,4-7H2,1-3H3,(H,11,13). The molecule has 14 heavy (non-hydrogen) atoms. The highest BCUT2D eigenvalue weighted by Gasteiger charge is 2.12. The number of amides is 1. The summed E-state index contributed by atoms with van der Waals surface area (Å²) >= 11 is 0. The molecule has 0 fully saturated rings. The number of aliphatic hydroxyl groups excluding tert-OH is 1. The molecule has 0 aromatic carbocycles. The molecule has 4 heteroatoms. The molecule has 1 atom stereocenters. The number of carbonyl (C=O) groups is 1. The van der Waals surface area contributed by atoms with E-state index in [1.165, 1.54) is 0 Å². The van der Waals surface area contributed by atoms with Gasteiger partial charge in [0, 0.05) is 13.5 Å². The van der Waals surface area contributed by atoms with Gasteiger partial charge in [0.1, 0.15) is 0 Å². The van der Waals surface area contributed by atoms with Crippen LogP contribution in [0, 0.1) is 5.92 Å². The molecule has 2 N–H and O–H groups in total. The monoisotopic (exact) mass is 203 g/mol. The number of ether oxygens (including phenoxy) is 1. The third-order valence-electron chi connectivity index (χ3n) is 1.87. The number of carbonyl (C=O) groups excluding carboxylic acids is 1. The van der Waals surface area contributed by atoms with Crippen LogP contribution in [0.5, 0.6) is 0 Å². The van der Waals surface area contributed by atoms with Crippen molar-refractivity contribution >= 4 is 5.91 Å². The first-order valence-corrected chi connectivity index (χ1v) is 4.99. The van der Waals surface area contributed by atoms with E-state index in [4.69, 9.17) is 9.84 Å². The Morgan fingerprint density at radius 1 is 1.50 bits per heavy atom. The molecule has 0 aromatic heterocycles. The molecule has 1 unspecified atom stereocenters. The summed E-state index contributed by atoms with van der Waals surface area (Å²) in [5.41, 5.74) is 0. The zero-order chi connectivity index (χ0) is 11.0. The first-order valence-electron chi connectivity index (χ1n) is 4.99. The molecular weight excluding hydrogens is 182 g/mol. The maximum absolute atomic E-state index is 11.3. The fraction of sp³-hybridized carbons (Fsp3) is 0.900. The highest BCUT2D eigenvalue weighted by atomic mass is 16.5. The second-order valence-corrected chi connectivity index (χ2v) is 3.82. The molecule has 0 aromatic rings. The van der Waals surface area contributed by atoms with Gasteiger partial charge in [0.25, 0.3) is 0 Å². The normalized spacial score (nSPS) is 12.9. The summed E-state index contributed by atoms with van der Waals surface area (Å²) in [6.45, 7) is 4.54. The molecule has 0 heterocycles. The smallest absolute Gasteiger partial charge is 0.222 e. The van der Waals surface area contributed by atoms with Gasteiger partial charge >= 0.3 is 0 Å². The lowest BCUT2D eigenvalue weighted by Crippen LogP contribution is -2.38. The summed E-state index contributed by atoms with van der Waals surface area (Å²) in [7, 11) is 1.56. The van der Waals surface area contributed by atoms with Gasteiger partial charge in [-0.1, -0.05) is 13.8 Å². The van der Waals surface area contributed by atoms with Gasteiger partial charge < -0.3 is 15.2 Å². The molecule has 0 bridgehead atoms. The zero-order valence-electron chi connectivity index (χ0n) is 9.25. The van der Waals surface area contributed by atoms with Crippen LogP contribution in [0.25, 0.3) is 0 Å². The van der Waals surface area contributed by atoms with Crippen molar-refractivity contribution < 1.29 is 14.6 Å². The van der Waals surface area contributed by atoms with E-state index in [0.29, 0.717) is 18.9 Å². The van der Waals surface area contributed by atoms with E-state index in [9.17, 15) is 4.79 Å². The summed E-state index contributed by atoms with van der Waals surface area (Å²) < 4.78 is 4.79. The van der Waals surface area contributed by atoms with Crippen molar-refractivity contribution in [3.05, 3.63) is 0 Å². The van der Waals surface area contributed by atoms with E-state index in [2.05, 4.69) is 19.2 Å². The van der Waals surface area contributed by atoms with Crippen LogP contribution < -0.4 is 5.32 Å². The van der Waals surface area contributed by atoms with Crippen LogP contribution in [0.15, 0.2) is 0 Å². The molecule has 0 aliphatic rings. The molecule has 0 aliphatic carbocycles. The molecule has 0 saturated heterocycles. The second kappa shape index (κ2) is 7.76. The maximum atomic E-state index is 11.3. The maximum Gasteiger partial charge on any atom is 0.222 e. The van der Waals surface area contributed by atoms with Crippen molar-refractivity contribution in [1.82, 2.24) is 5.32 Å². The summed E-state index contributed by atoms with van der Waals surface area (Å²) in [6, 6.07) is -0.126. The molecule has 84 valence electrons. The Hall–Kier alpha value is -0.610. The molecule has 0 aliphatic heterocycles. The number of hydrogen-bond acceptors (Lipinski definition) is 3. The van der Waals surface area contributed by atoms with Crippen LogP contribution in [0.4, 0.5) is 0 Å². The average molecular weight is 203 g/mol. The van der Waals surface area contributed by atoms with Crippen molar-refractivity contribution in [2.45, 2.75) is 32.7 Å². The van der Waals surface area contributed by atoms with Crippen LogP contribution >= 0.6 is 0 Å². The second-order valence-electron chi connectivity index (χ2n) is 3.82. The summed E-state index contributed by atoms with van der Waals surface area (Å²) in [5.74, 6) is 0.404. The van der Waals surface area contributed by atoms with Crippen molar-refractivity contribution in [2.75, 3.05) is 20.3 Å². The summed E-state index contributed by atoms with van der Waals surface area (Å²) in [4.78, 5) is 11.3. The fourth-order valence-corrected chi connectivity index (χ4v) is 1.24. The Morgan fingerprint density at radius 2 is 2.14 bits per heavy atom. The van der Waals surface area contributed by atoms with Gasteiger partial charge in [-0.05, 0) is 12.3 Å². The Bertz CT molecular complexity index is 159. The van der Waals surface area contributed by atoms with E-state index in [1.54, 1.807) is 7.11 Å². The first kappa shape index (κ1) is 13.4. The van der Waals surface area contributed by atoms with E-state index >= 15 is 0 Å². The lowest BCUT2D eigenvalue weighted by atomic mass is 10.0. The van der Waals surface area contributed by atoms with E-state index in [1.807, 2.05) is 0 Å². The zero-order valence-corrected chi connectivity index (χ0v) is 9.25. The molecule has 4 nitrogen and oxygen atoms in total. The molecule has 0 saturated carbocycles. The fourth-order valence-electron chi connectivity index (χ4n) is 1.24. The topological polar surface area (TPSA) is 58.6 Å². The van der Waals surface area contributed by atoms with Gasteiger partial charge in [-0.2, -0.15) is 0 Å². The van der Waals surface area contributed by atoms with Crippen LogP contribution in [0.2, 0.25) is 0 Å². The predicted molar refractivity (Wildman–Crippen MR) is 55.0 cm³/mol. The van der Waals surface area contributed by atoms with E-state index < -0.39 is 0 Å². The molecule has 1 amide bonds. The quantitative estimate of drug-likeness (QED) is 0.635. The van der Waals surface area contributed by atoms with Gasteiger partial charge in [-0.25, -0.2) is 0 Å². The van der Waals surface area contributed by atoms with Gasteiger partial charge in [0.15, 0.2) is 0 Å². The highest BCUT2D eigenvalue weighted by Crippen LogP contribution is 2.04. The van der Waals surface area contributed by atoms with Gasteiger partial charge in [0.05, 0.1) is 19.3 Å². The van der Waals surface area contributed by atoms with Crippen molar-refractivity contribution in [3.63, 3.8) is 0 Å². The SMILES string of the molecule is COCCC(=O)NC(CO)CC(C)C. The van der Waals surface area contributed by atoms with Crippen LogP contribution in [-0.4, -0.2) is 37.4 Å². The lowest BCUT2D eigenvalue weighted by molar-refractivity contribution is -0.123. The van der Waals surface area contributed by atoms with Crippen LogP contribution in [0.1, 0.15) is 26.7 Å². The van der Waals surface area contributed by atoms with E-state index in [-0.39, 0.29) is 18.6 Å². The number of methoxy groups -OCH3 is 1. The van der Waals surface area contributed by atoms with E-state index in [0.717, 1.165) is 6.42 Å². The molecular formula is C10H21NO3. The Morgan fingerprint density at radius 3 is 2.57 bits per heavy atom.